The van der Waals surface area contributed by atoms with Crippen LogP contribution in [0.25, 0.3) is 0 Å². The van der Waals surface area contributed by atoms with Crippen LogP contribution in [0, 0.1) is 0 Å². The summed E-state index contributed by atoms with van der Waals surface area (Å²) in [6, 6.07) is 8.56. The minimum Gasteiger partial charge on any atom is -0.508 e. The van der Waals surface area contributed by atoms with Crippen LogP contribution in [0.1, 0.15) is 26.3 Å². The fraction of sp³-hybridized carbons (Fsp3) is 0.538. The second-order valence-electron chi connectivity index (χ2n) is 4.48. The number of phenolic OH excluding ortho intramolecular Hbond substituents is 1. The maximum atomic E-state index is 9.18. The molecular formula is C13H21NO. The van der Waals surface area contributed by atoms with E-state index in [-0.39, 0.29) is 0 Å². The van der Waals surface area contributed by atoms with Crippen LogP contribution in [0.5, 0.6) is 5.75 Å². The Morgan fingerprint density at radius 3 is 2.13 bits per heavy atom. The van der Waals surface area contributed by atoms with Crippen LogP contribution < -0.4 is 0 Å². The first-order valence-electron chi connectivity index (χ1n) is 5.50. The Balaban J connectivity index is 2.58. The van der Waals surface area contributed by atoms with Crippen LogP contribution in [0.2, 0.25) is 0 Å². The van der Waals surface area contributed by atoms with Gasteiger partial charge in [-0.2, -0.15) is 0 Å². The molecule has 1 aromatic carbocycles. The lowest BCUT2D eigenvalue weighted by Crippen LogP contribution is -2.36. The predicted octanol–water partition coefficient (Wildman–Crippen LogP) is 2.66. The highest BCUT2D eigenvalue weighted by molar-refractivity contribution is 5.26. The third-order valence-electron chi connectivity index (χ3n) is 2.98. The van der Waals surface area contributed by atoms with Crippen LogP contribution in [-0.2, 0) is 6.42 Å². The van der Waals surface area contributed by atoms with Gasteiger partial charge >= 0.3 is 0 Å². The van der Waals surface area contributed by atoms with E-state index in [2.05, 4.69) is 32.7 Å². The maximum Gasteiger partial charge on any atom is 0.115 e. The molecule has 1 rings (SSSR count). The van der Waals surface area contributed by atoms with Crippen LogP contribution in [0.3, 0.4) is 0 Å². The Kier molecular flexibility index (Phi) is 4.15. The maximum absolute atomic E-state index is 9.18. The highest BCUT2D eigenvalue weighted by atomic mass is 16.3. The van der Waals surface area contributed by atoms with Crippen molar-refractivity contribution in [1.29, 1.82) is 0 Å². The summed E-state index contributed by atoms with van der Waals surface area (Å²) >= 11 is 0. The minimum atomic E-state index is 0.337. The van der Waals surface area contributed by atoms with Crippen molar-refractivity contribution in [1.82, 2.24) is 4.90 Å². The van der Waals surface area contributed by atoms with Gasteiger partial charge in [0.1, 0.15) is 5.75 Å². The van der Waals surface area contributed by atoms with Crippen LogP contribution in [0.4, 0.5) is 0 Å². The third-order valence-corrected chi connectivity index (χ3v) is 2.98. The molecule has 0 fully saturated rings. The molecule has 0 saturated heterocycles. The molecule has 0 aliphatic heterocycles. The molecule has 2 nitrogen and oxygen atoms in total. The monoisotopic (exact) mass is 207 g/mol. The quantitative estimate of drug-likeness (QED) is 0.820. The van der Waals surface area contributed by atoms with E-state index in [0.717, 1.165) is 6.42 Å². The van der Waals surface area contributed by atoms with Crippen molar-refractivity contribution in [2.45, 2.75) is 39.3 Å². The smallest absolute Gasteiger partial charge is 0.115 e. The number of likely N-dealkylation sites (N-methyl/N-ethyl adjacent to an activating group) is 1. The van der Waals surface area contributed by atoms with Gasteiger partial charge in [-0.05, 0) is 51.9 Å². The van der Waals surface area contributed by atoms with E-state index in [1.54, 1.807) is 12.1 Å². The summed E-state index contributed by atoms with van der Waals surface area (Å²) in [7, 11) is 2.15. The molecule has 2 heteroatoms. The van der Waals surface area contributed by atoms with Crippen molar-refractivity contribution in [3.63, 3.8) is 0 Å². The topological polar surface area (TPSA) is 23.5 Å². The largest absolute Gasteiger partial charge is 0.508 e. The number of hydrogen-bond donors (Lipinski definition) is 1. The van der Waals surface area contributed by atoms with E-state index < -0.39 is 0 Å². The Bertz CT molecular complexity index is 292. The van der Waals surface area contributed by atoms with Gasteiger partial charge in [-0.15, -0.1) is 0 Å². The highest BCUT2D eigenvalue weighted by Gasteiger charge is 2.12. The molecule has 0 saturated carbocycles. The summed E-state index contributed by atoms with van der Waals surface area (Å²) in [6.45, 7) is 6.63. The number of aromatic hydroxyl groups is 1. The second-order valence-corrected chi connectivity index (χ2v) is 4.48. The molecule has 0 amide bonds. The molecule has 0 radical (unpaired) electrons. The molecule has 1 aromatic rings. The molecule has 0 spiro atoms. The zero-order valence-electron chi connectivity index (χ0n) is 10.1. The average molecular weight is 207 g/mol. The first-order valence-corrected chi connectivity index (χ1v) is 5.50. The molecule has 0 aromatic heterocycles. The van der Waals surface area contributed by atoms with Crippen molar-refractivity contribution in [3.8, 4) is 5.75 Å². The fourth-order valence-electron chi connectivity index (χ4n) is 1.63. The number of phenols is 1. The van der Waals surface area contributed by atoms with Gasteiger partial charge in [0, 0.05) is 12.1 Å². The normalized spacial score (nSPS) is 13.5. The van der Waals surface area contributed by atoms with Gasteiger partial charge in [0.05, 0.1) is 0 Å². The summed E-state index contributed by atoms with van der Waals surface area (Å²) in [4.78, 5) is 2.35. The summed E-state index contributed by atoms with van der Waals surface area (Å²) < 4.78 is 0. The lowest BCUT2D eigenvalue weighted by Gasteiger charge is -2.28. The van der Waals surface area contributed by atoms with E-state index in [4.69, 9.17) is 0 Å². The first-order chi connectivity index (χ1) is 7.00. The molecule has 1 atom stereocenters. The van der Waals surface area contributed by atoms with E-state index in [1.165, 1.54) is 5.56 Å². The zero-order valence-corrected chi connectivity index (χ0v) is 10.1. The highest BCUT2D eigenvalue weighted by Crippen LogP contribution is 2.13. The number of nitrogens with zero attached hydrogens (tertiary/aromatic N) is 1. The Morgan fingerprint density at radius 1 is 1.13 bits per heavy atom. The van der Waals surface area contributed by atoms with Gasteiger partial charge in [0.2, 0.25) is 0 Å². The summed E-state index contributed by atoms with van der Waals surface area (Å²) in [6.07, 6.45) is 1.02. The minimum absolute atomic E-state index is 0.337. The first kappa shape index (κ1) is 12.1. The van der Waals surface area contributed by atoms with Crippen molar-refractivity contribution < 1.29 is 5.11 Å². The zero-order chi connectivity index (χ0) is 11.4. The van der Waals surface area contributed by atoms with Crippen LogP contribution in [-0.4, -0.2) is 29.1 Å². The van der Waals surface area contributed by atoms with Gasteiger partial charge in [0.25, 0.3) is 0 Å². The molecular weight excluding hydrogens is 186 g/mol. The summed E-state index contributed by atoms with van der Waals surface area (Å²) in [5.41, 5.74) is 1.27. The van der Waals surface area contributed by atoms with E-state index >= 15 is 0 Å². The third kappa shape index (κ3) is 3.56. The van der Waals surface area contributed by atoms with Crippen molar-refractivity contribution >= 4 is 0 Å². The predicted molar refractivity (Wildman–Crippen MR) is 64.2 cm³/mol. The van der Waals surface area contributed by atoms with Gasteiger partial charge in [-0.25, -0.2) is 0 Å². The van der Waals surface area contributed by atoms with Gasteiger partial charge in [-0.1, -0.05) is 12.1 Å². The van der Waals surface area contributed by atoms with Crippen molar-refractivity contribution in [2.75, 3.05) is 7.05 Å². The molecule has 1 N–H and O–H groups in total. The van der Waals surface area contributed by atoms with Crippen molar-refractivity contribution in [2.24, 2.45) is 0 Å². The molecule has 84 valence electrons. The van der Waals surface area contributed by atoms with Crippen LogP contribution >= 0.6 is 0 Å². The molecule has 0 aliphatic rings. The SMILES string of the molecule is CC(C)N(C)C(C)Cc1ccc(O)cc1. The lowest BCUT2D eigenvalue weighted by atomic mass is 10.1. The van der Waals surface area contributed by atoms with E-state index in [1.807, 2.05) is 12.1 Å². The number of benzene rings is 1. The summed E-state index contributed by atoms with van der Waals surface area (Å²) in [5, 5.41) is 9.18. The second kappa shape index (κ2) is 5.17. The molecule has 15 heavy (non-hydrogen) atoms. The van der Waals surface area contributed by atoms with Gasteiger partial charge in [0.15, 0.2) is 0 Å². The molecule has 0 heterocycles. The van der Waals surface area contributed by atoms with Gasteiger partial charge < -0.3 is 10.0 Å². The van der Waals surface area contributed by atoms with Crippen molar-refractivity contribution in [3.05, 3.63) is 29.8 Å². The Hall–Kier alpha value is -1.02. The standard InChI is InChI=1S/C13H21NO/c1-10(2)14(4)11(3)9-12-5-7-13(15)8-6-12/h5-8,10-11,15H,9H2,1-4H3. The lowest BCUT2D eigenvalue weighted by molar-refractivity contribution is 0.207. The molecule has 0 aliphatic carbocycles. The van der Waals surface area contributed by atoms with E-state index in [9.17, 15) is 5.11 Å². The number of rotatable bonds is 4. The average Bonchev–Trinajstić information content (AvgIpc) is 2.20. The van der Waals surface area contributed by atoms with E-state index in [0.29, 0.717) is 17.8 Å². The van der Waals surface area contributed by atoms with Gasteiger partial charge in [-0.3, -0.25) is 0 Å². The Morgan fingerprint density at radius 2 is 1.67 bits per heavy atom. The summed E-state index contributed by atoms with van der Waals surface area (Å²) in [5.74, 6) is 0.337. The van der Waals surface area contributed by atoms with Crippen LogP contribution in [0.15, 0.2) is 24.3 Å². The molecule has 1 unspecified atom stereocenters. The Labute approximate surface area is 92.5 Å². The molecule has 0 bridgehead atoms. The number of hydrogen-bond acceptors (Lipinski definition) is 2. The fourth-order valence-corrected chi connectivity index (χ4v) is 1.63.